The van der Waals surface area contributed by atoms with Crippen molar-refractivity contribution in [3.8, 4) is 0 Å². The molecule has 0 aliphatic heterocycles. The molecule has 4 aliphatic rings. The Bertz CT molecular complexity index is 627. The van der Waals surface area contributed by atoms with Gasteiger partial charge in [0.25, 0.3) is 0 Å². The van der Waals surface area contributed by atoms with Gasteiger partial charge in [-0.1, -0.05) is 25.5 Å². The van der Waals surface area contributed by atoms with Crippen molar-refractivity contribution < 1.29 is 20.1 Å². The first-order valence-electron chi connectivity index (χ1n) is 9.92. The number of carbonyl (C=O) groups is 1. The summed E-state index contributed by atoms with van der Waals surface area (Å²) in [7, 11) is 0. The van der Waals surface area contributed by atoms with Gasteiger partial charge in [0.2, 0.25) is 0 Å². The first kappa shape index (κ1) is 17.7. The minimum absolute atomic E-state index is 0.0263. The predicted octanol–water partition coefficient (Wildman–Crippen LogP) is 2.60. The standard InChI is InChI=1S/C21H32O4/c1-12(22)21(25)11-17(24)18-15-5-4-13-10-14(23)6-8-19(13,2)16(15)7-9-20(18,21)3/h4,14-18,23-25H,5-11H2,1-3H3/t14-,15?,16?,17?,18?,19-,20-,21+/m0/s1. The Balaban J connectivity index is 1.73. The number of allylic oxidation sites excluding steroid dienone is 1. The Morgan fingerprint density at radius 2 is 1.92 bits per heavy atom. The van der Waals surface area contributed by atoms with Crippen LogP contribution in [0.2, 0.25) is 0 Å². The number of aliphatic hydroxyl groups excluding tert-OH is 2. The molecule has 0 spiro atoms. The van der Waals surface area contributed by atoms with Gasteiger partial charge < -0.3 is 15.3 Å². The molecule has 4 aliphatic carbocycles. The maximum Gasteiger partial charge on any atom is 0.161 e. The summed E-state index contributed by atoms with van der Waals surface area (Å²) in [6, 6.07) is 0. The van der Waals surface area contributed by atoms with Gasteiger partial charge in [0.15, 0.2) is 5.78 Å². The van der Waals surface area contributed by atoms with Gasteiger partial charge in [-0.15, -0.1) is 0 Å². The lowest BCUT2D eigenvalue weighted by Gasteiger charge is -2.58. The summed E-state index contributed by atoms with van der Waals surface area (Å²) >= 11 is 0. The first-order chi connectivity index (χ1) is 11.6. The lowest BCUT2D eigenvalue weighted by Crippen LogP contribution is -2.57. The number of aliphatic hydroxyl groups is 3. The zero-order valence-electron chi connectivity index (χ0n) is 15.7. The number of ketones is 1. The maximum absolute atomic E-state index is 12.3. The molecule has 4 heteroatoms. The molecule has 25 heavy (non-hydrogen) atoms. The second-order valence-corrected chi connectivity index (χ2v) is 9.72. The average Bonchev–Trinajstić information content (AvgIpc) is 2.75. The van der Waals surface area contributed by atoms with E-state index in [0.717, 1.165) is 38.5 Å². The van der Waals surface area contributed by atoms with Crippen LogP contribution in [0.4, 0.5) is 0 Å². The minimum atomic E-state index is -1.39. The van der Waals surface area contributed by atoms with Gasteiger partial charge in [0, 0.05) is 11.8 Å². The highest BCUT2D eigenvalue weighted by molar-refractivity contribution is 5.86. The number of Topliss-reactive ketones (excluding diaryl/α,β-unsaturated/α-hetero) is 1. The number of hydrogen-bond donors (Lipinski definition) is 3. The third-order valence-electron chi connectivity index (χ3n) is 8.78. The molecule has 3 saturated carbocycles. The molecule has 0 aromatic heterocycles. The molecule has 0 aromatic carbocycles. The van der Waals surface area contributed by atoms with Gasteiger partial charge in [-0.2, -0.15) is 0 Å². The smallest absolute Gasteiger partial charge is 0.161 e. The molecule has 3 N–H and O–H groups in total. The SMILES string of the molecule is CC(=O)[C@]1(O)CC(O)C2C3CC=C4C[C@@H](O)CC[C@]4(C)C3CC[C@@]21C. The highest BCUT2D eigenvalue weighted by Crippen LogP contribution is 2.67. The third-order valence-corrected chi connectivity index (χ3v) is 8.78. The average molecular weight is 348 g/mol. The van der Waals surface area contributed by atoms with Crippen molar-refractivity contribution in [1.82, 2.24) is 0 Å². The van der Waals surface area contributed by atoms with Gasteiger partial charge in [-0.3, -0.25) is 4.79 Å². The molecule has 0 heterocycles. The van der Waals surface area contributed by atoms with E-state index in [1.807, 2.05) is 6.92 Å². The molecule has 4 nitrogen and oxygen atoms in total. The Morgan fingerprint density at radius 3 is 2.60 bits per heavy atom. The van der Waals surface area contributed by atoms with Crippen molar-refractivity contribution in [2.24, 2.45) is 28.6 Å². The monoisotopic (exact) mass is 348 g/mol. The Labute approximate surface area is 150 Å². The fourth-order valence-corrected chi connectivity index (χ4v) is 7.30. The summed E-state index contributed by atoms with van der Waals surface area (Å²) in [6.45, 7) is 5.83. The van der Waals surface area contributed by atoms with Crippen molar-refractivity contribution in [2.45, 2.75) is 83.5 Å². The van der Waals surface area contributed by atoms with Crippen molar-refractivity contribution >= 4 is 5.78 Å². The second-order valence-electron chi connectivity index (χ2n) is 9.72. The molecule has 0 aromatic rings. The topological polar surface area (TPSA) is 77.8 Å². The largest absolute Gasteiger partial charge is 0.393 e. The third kappa shape index (κ3) is 2.14. The van der Waals surface area contributed by atoms with Crippen molar-refractivity contribution in [1.29, 1.82) is 0 Å². The van der Waals surface area contributed by atoms with E-state index in [1.165, 1.54) is 12.5 Å². The summed E-state index contributed by atoms with van der Waals surface area (Å²) in [4.78, 5) is 12.3. The first-order valence-corrected chi connectivity index (χ1v) is 9.92. The van der Waals surface area contributed by atoms with Crippen molar-refractivity contribution in [3.05, 3.63) is 11.6 Å². The molecule has 0 saturated heterocycles. The van der Waals surface area contributed by atoms with Gasteiger partial charge in [0.1, 0.15) is 5.60 Å². The Hall–Kier alpha value is -0.710. The number of carbonyl (C=O) groups excluding carboxylic acids is 1. The van der Waals surface area contributed by atoms with Crippen molar-refractivity contribution in [2.75, 3.05) is 0 Å². The molecule has 4 unspecified atom stereocenters. The normalized spacial score (nSPS) is 55.0. The quantitative estimate of drug-likeness (QED) is 0.637. The van der Waals surface area contributed by atoms with E-state index in [4.69, 9.17) is 0 Å². The summed E-state index contributed by atoms with van der Waals surface area (Å²) in [5, 5.41) is 32.1. The Kier molecular flexibility index (Phi) is 3.82. The molecule has 3 fully saturated rings. The van der Waals surface area contributed by atoms with Gasteiger partial charge >= 0.3 is 0 Å². The van der Waals surface area contributed by atoms with Crippen LogP contribution < -0.4 is 0 Å². The Morgan fingerprint density at radius 1 is 1.20 bits per heavy atom. The molecule has 8 atom stereocenters. The van der Waals surface area contributed by atoms with E-state index >= 15 is 0 Å². The van der Waals surface area contributed by atoms with E-state index in [0.29, 0.717) is 11.8 Å². The molecule has 4 rings (SSSR count). The van der Waals surface area contributed by atoms with E-state index in [1.54, 1.807) is 0 Å². The zero-order valence-corrected chi connectivity index (χ0v) is 15.7. The highest BCUT2D eigenvalue weighted by Gasteiger charge is 2.68. The minimum Gasteiger partial charge on any atom is -0.393 e. The fraction of sp³-hybridized carbons (Fsp3) is 0.857. The van der Waals surface area contributed by atoms with Crippen LogP contribution in [0.15, 0.2) is 11.6 Å². The predicted molar refractivity (Wildman–Crippen MR) is 94.7 cm³/mol. The maximum atomic E-state index is 12.3. The van der Waals surface area contributed by atoms with Crippen LogP contribution in [0.3, 0.4) is 0 Å². The van der Waals surface area contributed by atoms with Crippen molar-refractivity contribution in [3.63, 3.8) is 0 Å². The van der Waals surface area contributed by atoms with Crippen LogP contribution in [-0.2, 0) is 4.79 Å². The van der Waals surface area contributed by atoms with Crippen LogP contribution in [-0.4, -0.2) is 38.9 Å². The number of rotatable bonds is 1. The van der Waals surface area contributed by atoms with E-state index in [9.17, 15) is 20.1 Å². The van der Waals surface area contributed by atoms with Crippen LogP contribution in [0, 0.1) is 28.6 Å². The summed E-state index contributed by atoms with van der Waals surface area (Å²) in [5.74, 6) is 0.559. The zero-order chi connectivity index (χ0) is 18.2. The van der Waals surface area contributed by atoms with E-state index in [-0.39, 0.29) is 29.6 Å². The van der Waals surface area contributed by atoms with Gasteiger partial charge in [-0.25, -0.2) is 0 Å². The highest BCUT2D eigenvalue weighted by atomic mass is 16.3. The molecular formula is C21H32O4. The lowest BCUT2D eigenvalue weighted by molar-refractivity contribution is -0.160. The summed E-state index contributed by atoms with van der Waals surface area (Å²) < 4.78 is 0. The van der Waals surface area contributed by atoms with Crippen LogP contribution >= 0.6 is 0 Å². The molecule has 140 valence electrons. The molecule has 0 amide bonds. The van der Waals surface area contributed by atoms with Crippen LogP contribution in [0.5, 0.6) is 0 Å². The van der Waals surface area contributed by atoms with E-state index in [2.05, 4.69) is 13.0 Å². The number of fused-ring (bicyclic) bond motifs is 5. The van der Waals surface area contributed by atoms with Crippen LogP contribution in [0.1, 0.15) is 65.7 Å². The molecule has 0 radical (unpaired) electrons. The number of hydrogen-bond acceptors (Lipinski definition) is 4. The second kappa shape index (κ2) is 5.40. The summed E-state index contributed by atoms with van der Waals surface area (Å²) in [6.07, 6.45) is 6.95. The van der Waals surface area contributed by atoms with Gasteiger partial charge in [0.05, 0.1) is 12.2 Å². The fourth-order valence-electron chi connectivity index (χ4n) is 7.30. The van der Waals surface area contributed by atoms with Crippen LogP contribution in [0.25, 0.3) is 0 Å². The van der Waals surface area contributed by atoms with E-state index < -0.39 is 17.1 Å². The summed E-state index contributed by atoms with van der Waals surface area (Å²) in [5.41, 5.74) is -0.434. The lowest BCUT2D eigenvalue weighted by atomic mass is 9.46. The molecule has 0 bridgehead atoms. The van der Waals surface area contributed by atoms with Gasteiger partial charge in [-0.05, 0) is 68.6 Å². The molecular weight excluding hydrogens is 316 g/mol.